The summed E-state index contributed by atoms with van der Waals surface area (Å²) in [6, 6.07) is 7.61. The lowest BCUT2D eigenvalue weighted by molar-refractivity contribution is -0.116. The number of carbonyl (C=O) groups is 2. The second kappa shape index (κ2) is 11.1. The van der Waals surface area contributed by atoms with E-state index in [9.17, 15) is 9.59 Å². The van der Waals surface area contributed by atoms with Gasteiger partial charge in [0.2, 0.25) is 5.91 Å². The number of hydrogen-bond donors (Lipinski definition) is 1. The molecule has 0 atom stereocenters. The topological polar surface area (TPSA) is 64.6 Å². The summed E-state index contributed by atoms with van der Waals surface area (Å²) in [4.78, 5) is 26.0. The molecule has 2 rings (SSSR count). The number of hydrogen-bond acceptors (Lipinski definition) is 6. The van der Waals surface area contributed by atoms with Crippen molar-refractivity contribution in [3.63, 3.8) is 0 Å². The molecule has 0 fully saturated rings. The van der Waals surface area contributed by atoms with Gasteiger partial charge in [-0.1, -0.05) is 12.1 Å². The molecule has 0 bridgehead atoms. The molecule has 0 aliphatic carbocycles. The van der Waals surface area contributed by atoms with Gasteiger partial charge in [0.05, 0.1) is 13.2 Å². The molecular formula is C21H27NO4S2. The van der Waals surface area contributed by atoms with Crippen LogP contribution in [0.15, 0.2) is 24.3 Å². The van der Waals surface area contributed by atoms with Crippen LogP contribution in [-0.4, -0.2) is 37.1 Å². The standard InChI is InChI=1S/C21H27NO4S2/c1-5-25-16-11-9-15(10-12-16)18-14(3)28-20(19(18)21(24)26-6-2)22-17(23)8-7-13-27-4/h9-12H,5-8,13H2,1-4H3,(H,22,23). The first-order chi connectivity index (χ1) is 13.5. The van der Waals surface area contributed by atoms with E-state index in [1.807, 2.05) is 44.4 Å². The van der Waals surface area contributed by atoms with Gasteiger partial charge < -0.3 is 14.8 Å². The zero-order valence-electron chi connectivity index (χ0n) is 16.8. The lowest BCUT2D eigenvalue weighted by Crippen LogP contribution is -2.14. The zero-order chi connectivity index (χ0) is 20.5. The maximum absolute atomic E-state index is 12.7. The molecule has 1 heterocycles. The van der Waals surface area contributed by atoms with Crippen molar-refractivity contribution in [1.82, 2.24) is 0 Å². The van der Waals surface area contributed by atoms with Crippen molar-refractivity contribution in [2.24, 2.45) is 0 Å². The molecule has 2 aromatic rings. The van der Waals surface area contributed by atoms with Crippen molar-refractivity contribution in [2.45, 2.75) is 33.6 Å². The molecule has 0 unspecified atom stereocenters. The van der Waals surface area contributed by atoms with Gasteiger partial charge in [-0.15, -0.1) is 11.3 Å². The lowest BCUT2D eigenvalue weighted by Gasteiger charge is -2.10. The molecule has 152 valence electrons. The minimum absolute atomic E-state index is 0.0842. The summed E-state index contributed by atoms with van der Waals surface area (Å²) in [5.41, 5.74) is 2.11. The van der Waals surface area contributed by atoms with Gasteiger partial charge in [-0.2, -0.15) is 11.8 Å². The maximum Gasteiger partial charge on any atom is 0.341 e. The Kier molecular flexibility index (Phi) is 8.86. The van der Waals surface area contributed by atoms with Crippen LogP contribution in [0.4, 0.5) is 5.00 Å². The third-order valence-corrected chi connectivity index (χ3v) is 5.74. The number of esters is 1. The van der Waals surface area contributed by atoms with Crippen molar-refractivity contribution in [3.8, 4) is 16.9 Å². The average Bonchev–Trinajstić information content (AvgIpc) is 2.99. The van der Waals surface area contributed by atoms with Crippen LogP contribution in [0.3, 0.4) is 0 Å². The molecule has 0 spiro atoms. The first kappa shape index (κ1) is 22.3. The van der Waals surface area contributed by atoms with Gasteiger partial charge in [0.15, 0.2) is 0 Å². The second-order valence-corrected chi connectivity index (χ2v) is 8.27. The first-order valence-electron chi connectivity index (χ1n) is 9.34. The molecule has 0 saturated heterocycles. The van der Waals surface area contributed by atoms with E-state index in [4.69, 9.17) is 9.47 Å². The lowest BCUT2D eigenvalue weighted by atomic mass is 10.0. The van der Waals surface area contributed by atoms with E-state index in [2.05, 4.69) is 5.32 Å². The van der Waals surface area contributed by atoms with Gasteiger partial charge >= 0.3 is 5.97 Å². The van der Waals surface area contributed by atoms with Gasteiger partial charge in [0.1, 0.15) is 16.3 Å². The monoisotopic (exact) mass is 421 g/mol. The summed E-state index contributed by atoms with van der Waals surface area (Å²) in [7, 11) is 0. The molecule has 0 radical (unpaired) electrons. The second-order valence-electron chi connectivity index (χ2n) is 6.06. The molecule has 7 heteroatoms. The molecule has 5 nitrogen and oxygen atoms in total. The molecule has 0 aliphatic rings. The number of thiophene rings is 1. The highest BCUT2D eigenvalue weighted by molar-refractivity contribution is 7.98. The van der Waals surface area contributed by atoms with Crippen LogP contribution in [0.1, 0.15) is 41.9 Å². The zero-order valence-corrected chi connectivity index (χ0v) is 18.4. The fourth-order valence-corrected chi connectivity index (χ4v) is 4.34. The summed E-state index contributed by atoms with van der Waals surface area (Å²) >= 11 is 3.11. The van der Waals surface area contributed by atoms with E-state index in [1.54, 1.807) is 18.7 Å². The molecule has 1 aromatic heterocycles. The third kappa shape index (κ3) is 5.75. The smallest absolute Gasteiger partial charge is 0.341 e. The van der Waals surface area contributed by atoms with E-state index in [-0.39, 0.29) is 12.5 Å². The quantitative estimate of drug-likeness (QED) is 0.412. The van der Waals surface area contributed by atoms with Gasteiger partial charge in [0.25, 0.3) is 0 Å². The van der Waals surface area contributed by atoms with Crippen molar-refractivity contribution in [1.29, 1.82) is 0 Å². The number of carbonyl (C=O) groups excluding carboxylic acids is 2. The number of aryl methyl sites for hydroxylation is 1. The number of nitrogens with one attached hydrogen (secondary N) is 1. The molecule has 1 N–H and O–H groups in total. The van der Waals surface area contributed by atoms with Crippen molar-refractivity contribution >= 4 is 40.0 Å². The number of ether oxygens (including phenoxy) is 2. The van der Waals surface area contributed by atoms with E-state index in [0.29, 0.717) is 23.6 Å². The normalized spacial score (nSPS) is 10.6. The number of benzene rings is 1. The third-order valence-electron chi connectivity index (χ3n) is 4.02. The van der Waals surface area contributed by atoms with Gasteiger partial charge in [-0.25, -0.2) is 4.79 Å². The van der Waals surface area contributed by atoms with Crippen molar-refractivity contribution in [3.05, 3.63) is 34.7 Å². The Balaban J connectivity index is 2.37. The highest BCUT2D eigenvalue weighted by Crippen LogP contribution is 2.41. The SMILES string of the molecule is CCOC(=O)c1c(NC(=O)CCCSC)sc(C)c1-c1ccc(OCC)cc1. The molecule has 28 heavy (non-hydrogen) atoms. The summed E-state index contributed by atoms with van der Waals surface area (Å²) < 4.78 is 10.8. The van der Waals surface area contributed by atoms with E-state index in [1.165, 1.54) is 11.3 Å². The predicted octanol–water partition coefficient (Wildman–Crippen LogP) is 5.38. The first-order valence-corrected chi connectivity index (χ1v) is 11.5. The van der Waals surface area contributed by atoms with Crippen molar-refractivity contribution in [2.75, 3.05) is 30.5 Å². The maximum atomic E-state index is 12.7. The summed E-state index contributed by atoms with van der Waals surface area (Å²) in [6.07, 6.45) is 3.25. The summed E-state index contributed by atoms with van der Waals surface area (Å²) in [6.45, 7) is 6.52. The fourth-order valence-electron chi connectivity index (χ4n) is 2.83. The number of thioether (sulfide) groups is 1. The van der Waals surface area contributed by atoms with E-state index >= 15 is 0 Å². The Bertz CT molecular complexity index is 799. The Hall–Kier alpha value is -1.99. The number of anilines is 1. The molecule has 0 aliphatic heterocycles. The van der Waals surface area contributed by atoms with Crippen LogP contribution in [0.2, 0.25) is 0 Å². The number of amides is 1. The highest BCUT2D eigenvalue weighted by Gasteiger charge is 2.25. The molecule has 1 amide bonds. The average molecular weight is 422 g/mol. The van der Waals surface area contributed by atoms with Crippen LogP contribution >= 0.6 is 23.1 Å². The highest BCUT2D eigenvalue weighted by atomic mass is 32.2. The molecule has 0 saturated carbocycles. The van der Waals surface area contributed by atoms with Crippen LogP contribution in [0, 0.1) is 6.92 Å². The van der Waals surface area contributed by atoms with E-state index < -0.39 is 5.97 Å². The number of rotatable bonds is 10. The van der Waals surface area contributed by atoms with Crippen LogP contribution in [0.5, 0.6) is 5.75 Å². The largest absolute Gasteiger partial charge is 0.494 e. The summed E-state index contributed by atoms with van der Waals surface area (Å²) in [5.74, 6) is 1.20. The van der Waals surface area contributed by atoms with Crippen LogP contribution in [-0.2, 0) is 9.53 Å². The van der Waals surface area contributed by atoms with Gasteiger partial charge in [-0.3, -0.25) is 4.79 Å². The molecular weight excluding hydrogens is 394 g/mol. The van der Waals surface area contributed by atoms with Gasteiger partial charge in [0, 0.05) is 16.9 Å². The minimum atomic E-state index is -0.421. The minimum Gasteiger partial charge on any atom is -0.494 e. The van der Waals surface area contributed by atoms with Crippen LogP contribution in [0.25, 0.3) is 11.1 Å². The van der Waals surface area contributed by atoms with Crippen molar-refractivity contribution < 1.29 is 19.1 Å². The predicted molar refractivity (Wildman–Crippen MR) is 118 cm³/mol. The van der Waals surface area contributed by atoms with Gasteiger partial charge in [-0.05, 0) is 56.9 Å². The summed E-state index contributed by atoms with van der Waals surface area (Å²) in [5, 5.41) is 3.47. The Labute approximate surface area is 174 Å². The fraction of sp³-hybridized carbons (Fsp3) is 0.429. The molecule has 1 aromatic carbocycles. The van der Waals surface area contributed by atoms with Crippen LogP contribution < -0.4 is 10.1 Å². The Morgan fingerprint density at radius 2 is 1.86 bits per heavy atom. The Morgan fingerprint density at radius 3 is 2.46 bits per heavy atom. The van der Waals surface area contributed by atoms with E-state index in [0.717, 1.165) is 33.9 Å². The Morgan fingerprint density at radius 1 is 1.14 bits per heavy atom.